The molecule has 29 heavy (non-hydrogen) atoms. The Morgan fingerprint density at radius 1 is 0.724 bits per heavy atom. The van der Waals surface area contributed by atoms with Crippen LogP contribution in [0.15, 0.2) is 84.3 Å². The fourth-order valence-electron chi connectivity index (χ4n) is 3.38. The van der Waals surface area contributed by atoms with Crippen molar-refractivity contribution in [3.63, 3.8) is 0 Å². The fraction of sp³-hybridized carbons (Fsp3) is 0.240. The van der Waals surface area contributed by atoms with Crippen LogP contribution in [-0.4, -0.2) is 10.5 Å². The van der Waals surface area contributed by atoms with Gasteiger partial charge in [-0.15, -0.1) is 0 Å². The van der Waals surface area contributed by atoms with Gasteiger partial charge in [0, 0.05) is 40.6 Å². The zero-order valence-corrected chi connectivity index (χ0v) is 17.3. The molecule has 2 aromatic carbocycles. The Hall–Kier alpha value is -3.27. The first-order chi connectivity index (χ1) is 14.0. The molecular formula is C25H28N4. The molecule has 0 aliphatic heterocycles. The van der Waals surface area contributed by atoms with Gasteiger partial charge < -0.3 is 16.0 Å². The summed E-state index contributed by atoms with van der Waals surface area (Å²) in [6.07, 6.45) is 4.01. The molecule has 0 saturated carbocycles. The average Bonchev–Trinajstić information content (AvgIpc) is 2.71. The van der Waals surface area contributed by atoms with Crippen LogP contribution in [0.2, 0.25) is 0 Å². The molecule has 0 radical (unpaired) electrons. The fourth-order valence-corrected chi connectivity index (χ4v) is 3.38. The van der Waals surface area contributed by atoms with Crippen LogP contribution in [0.1, 0.15) is 33.6 Å². The monoisotopic (exact) mass is 384 g/mol. The van der Waals surface area contributed by atoms with Gasteiger partial charge in [0.1, 0.15) is 5.82 Å². The van der Waals surface area contributed by atoms with E-state index in [-0.39, 0.29) is 5.54 Å². The highest BCUT2D eigenvalue weighted by molar-refractivity contribution is 5.68. The number of nitrogens with one attached hydrogen (secondary N) is 3. The van der Waals surface area contributed by atoms with Gasteiger partial charge in [0.15, 0.2) is 0 Å². The third-order valence-corrected chi connectivity index (χ3v) is 4.83. The largest absolute Gasteiger partial charge is 0.382 e. The zero-order valence-electron chi connectivity index (χ0n) is 17.3. The highest BCUT2D eigenvalue weighted by Crippen LogP contribution is 2.29. The Balaban J connectivity index is 1.44. The van der Waals surface area contributed by atoms with Crippen LogP contribution in [0, 0.1) is 0 Å². The second-order valence-electron chi connectivity index (χ2n) is 8.46. The molecule has 3 N–H and O–H groups in total. The Kier molecular flexibility index (Phi) is 5.26. The van der Waals surface area contributed by atoms with Crippen molar-refractivity contribution in [3.8, 4) is 11.1 Å². The normalized spacial score (nSPS) is 13.6. The van der Waals surface area contributed by atoms with Crippen molar-refractivity contribution in [1.29, 1.82) is 0 Å². The maximum atomic E-state index is 4.46. The van der Waals surface area contributed by atoms with Crippen LogP contribution in [0.5, 0.6) is 0 Å². The smallest absolute Gasteiger partial charge is 0.132 e. The summed E-state index contributed by atoms with van der Waals surface area (Å²) < 4.78 is 0. The molecule has 4 rings (SSSR count). The number of hydrogen-bond acceptors (Lipinski definition) is 4. The van der Waals surface area contributed by atoms with Gasteiger partial charge in [-0.05, 0) is 62.9 Å². The number of anilines is 3. The van der Waals surface area contributed by atoms with Crippen molar-refractivity contribution in [3.05, 3.63) is 84.3 Å². The maximum absolute atomic E-state index is 4.46. The first kappa shape index (κ1) is 19.1. The van der Waals surface area contributed by atoms with Gasteiger partial charge in [-0.25, -0.2) is 4.98 Å². The molecule has 1 aliphatic rings. The summed E-state index contributed by atoms with van der Waals surface area (Å²) in [5.74, 6) is 0.827. The molecule has 0 amide bonds. The predicted octanol–water partition coefficient (Wildman–Crippen LogP) is 6.30. The summed E-state index contributed by atoms with van der Waals surface area (Å²) in [5, 5.41) is 10.5. The number of aromatic nitrogens is 1. The van der Waals surface area contributed by atoms with Gasteiger partial charge in [0.05, 0.1) is 0 Å². The second kappa shape index (κ2) is 8.00. The molecule has 4 nitrogen and oxygen atoms in total. The Bertz CT molecular complexity index is 999. The SMILES string of the molecule is CC(C)(C)NC1=C(Nc2ccnc(Nc3ccc(-c4ccccc4)cc3)c2)CC1. The van der Waals surface area contributed by atoms with E-state index in [1.807, 2.05) is 24.4 Å². The van der Waals surface area contributed by atoms with Crippen molar-refractivity contribution in [1.82, 2.24) is 10.3 Å². The minimum atomic E-state index is 0.0829. The number of hydrogen-bond donors (Lipinski definition) is 3. The number of allylic oxidation sites excluding steroid dienone is 2. The average molecular weight is 385 g/mol. The van der Waals surface area contributed by atoms with E-state index in [2.05, 4.69) is 90.2 Å². The van der Waals surface area contributed by atoms with E-state index in [1.165, 1.54) is 22.5 Å². The van der Waals surface area contributed by atoms with Crippen LogP contribution in [0.4, 0.5) is 17.2 Å². The molecule has 3 aromatic rings. The van der Waals surface area contributed by atoms with Crippen molar-refractivity contribution < 1.29 is 0 Å². The van der Waals surface area contributed by atoms with Crippen LogP contribution >= 0.6 is 0 Å². The van der Waals surface area contributed by atoms with Crippen molar-refractivity contribution in [2.45, 2.75) is 39.2 Å². The lowest BCUT2D eigenvalue weighted by molar-refractivity contribution is 0.446. The van der Waals surface area contributed by atoms with Gasteiger partial charge in [-0.1, -0.05) is 42.5 Å². The van der Waals surface area contributed by atoms with Crippen LogP contribution in [0.3, 0.4) is 0 Å². The van der Waals surface area contributed by atoms with E-state index < -0.39 is 0 Å². The first-order valence-electron chi connectivity index (χ1n) is 10.1. The molecule has 1 aliphatic carbocycles. The van der Waals surface area contributed by atoms with Crippen LogP contribution in [0.25, 0.3) is 11.1 Å². The summed E-state index contributed by atoms with van der Waals surface area (Å²) in [5.41, 5.74) is 7.15. The molecule has 4 heteroatoms. The van der Waals surface area contributed by atoms with E-state index in [0.717, 1.165) is 30.0 Å². The van der Waals surface area contributed by atoms with Crippen molar-refractivity contribution in [2.24, 2.45) is 0 Å². The lowest BCUT2D eigenvalue weighted by atomic mass is 9.97. The van der Waals surface area contributed by atoms with E-state index in [0.29, 0.717) is 0 Å². The molecule has 0 fully saturated rings. The van der Waals surface area contributed by atoms with Crippen LogP contribution in [-0.2, 0) is 0 Å². The molecule has 0 spiro atoms. The number of rotatable bonds is 6. The predicted molar refractivity (Wildman–Crippen MR) is 122 cm³/mol. The Labute approximate surface area is 173 Å². The van der Waals surface area contributed by atoms with E-state index in [4.69, 9.17) is 0 Å². The second-order valence-corrected chi connectivity index (χ2v) is 8.46. The van der Waals surface area contributed by atoms with Gasteiger partial charge in [0.2, 0.25) is 0 Å². The molecule has 0 saturated heterocycles. The minimum absolute atomic E-state index is 0.0829. The number of pyridine rings is 1. The lowest BCUT2D eigenvalue weighted by Gasteiger charge is -2.32. The lowest BCUT2D eigenvalue weighted by Crippen LogP contribution is -2.38. The third kappa shape index (κ3) is 4.96. The summed E-state index contributed by atoms with van der Waals surface area (Å²) in [7, 11) is 0. The first-order valence-corrected chi connectivity index (χ1v) is 10.1. The summed E-state index contributed by atoms with van der Waals surface area (Å²) in [4.78, 5) is 4.46. The molecule has 0 bridgehead atoms. The Morgan fingerprint density at radius 2 is 1.41 bits per heavy atom. The molecule has 0 unspecified atom stereocenters. The van der Waals surface area contributed by atoms with E-state index >= 15 is 0 Å². The molecule has 1 aromatic heterocycles. The summed E-state index contributed by atoms with van der Waals surface area (Å²) in [6, 6.07) is 22.9. The van der Waals surface area contributed by atoms with Crippen LogP contribution < -0.4 is 16.0 Å². The number of benzene rings is 2. The summed E-state index contributed by atoms with van der Waals surface area (Å²) in [6.45, 7) is 6.56. The van der Waals surface area contributed by atoms with Gasteiger partial charge in [-0.3, -0.25) is 0 Å². The summed E-state index contributed by atoms with van der Waals surface area (Å²) >= 11 is 0. The van der Waals surface area contributed by atoms with Gasteiger partial charge >= 0.3 is 0 Å². The highest BCUT2D eigenvalue weighted by Gasteiger charge is 2.21. The number of nitrogens with zero attached hydrogens (tertiary/aromatic N) is 1. The van der Waals surface area contributed by atoms with E-state index in [1.54, 1.807) is 0 Å². The van der Waals surface area contributed by atoms with Gasteiger partial charge in [0.25, 0.3) is 0 Å². The maximum Gasteiger partial charge on any atom is 0.132 e. The van der Waals surface area contributed by atoms with E-state index in [9.17, 15) is 0 Å². The van der Waals surface area contributed by atoms with Crippen molar-refractivity contribution in [2.75, 3.05) is 10.6 Å². The molecule has 0 atom stereocenters. The minimum Gasteiger partial charge on any atom is -0.382 e. The Morgan fingerprint density at radius 3 is 2.07 bits per heavy atom. The standard InChI is InChI=1S/C25H28N4/c1-25(2,3)29-23-14-13-22(23)27-21-15-16-26-24(17-21)28-20-11-9-19(10-12-20)18-7-5-4-6-8-18/h4-12,15-17,29H,13-14H2,1-3H3,(H2,26,27,28). The molecule has 1 heterocycles. The highest BCUT2D eigenvalue weighted by atomic mass is 15.0. The quantitative estimate of drug-likeness (QED) is 0.467. The molecule has 148 valence electrons. The topological polar surface area (TPSA) is 49.0 Å². The third-order valence-electron chi connectivity index (χ3n) is 4.83. The molecular weight excluding hydrogens is 356 g/mol. The zero-order chi connectivity index (χ0) is 20.3. The van der Waals surface area contributed by atoms with Gasteiger partial charge in [-0.2, -0.15) is 0 Å². The van der Waals surface area contributed by atoms with Crippen molar-refractivity contribution >= 4 is 17.2 Å².